The van der Waals surface area contributed by atoms with Crippen LogP contribution in [0, 0.1) is 5.41 Å². The summed E-state index contributed by atoms with van der Waals surface area (Å²) in [4.78, 5) is 59.1. The fraction of sp³-hybridized carbons (Fsp3) is 0.364. The Balaban J connectivity index is 0.923. The Morgan fingerprint density at radius 3 is 2.10 bits per heavy atom. The zero-order valence-electron chi connectivity index (χ0n) is 40.6. The average Bonchev–Trinajstić information content (AvgIpc) is 3.74. The highest BCUT2D eigenvalue weighted by Gasteiger charge is 2.51. The molecule has 0 radical (unpaired) electrons. The Labute approximate surface area is 406 Å². The largest absolute Gasteiger partial charge is 0.497 e. The average molecular weight is 954 g/mol. The van der Waals surface area contributed by atoms with E-state index in [2.05, 4.69) is 5.32 Å². The molecule has 8 rings (SSSR count). The topological polar surface area (TPSA) is 183 Å². The lowest BCUT2D eigenvalue weighted by atomic mass is 9.80. The van der Waals surface area contributed by atoms with Crippen LogP contribution in [0.25, 0.3) is 22.3 Å². The molecule has 6 aromatic rings. The predicted molar refractivity (Wildman–Crippen MR) is 261 cm³/mol. The quantitative estimate of drug-likeness (QED) is 0.0364. The van der Waals surface area contributed by atoms with Crippen LogP contribution in [0.1, 0.15) is 86.4 Å². The number of hydrogen-bond acceptors (Lipinski definition) is 13. The van der Waals surface area contributed by atoms with E-state index in [1.165, 1.54) is 0 Å². The van der Waals surface area contributed by atoms with Crippen LogP contribution >= 0.6 is 0 Å². The molecule has 2 atom stereocenters. The highest BCUT2D eigenvalue weighted by Crippen LogP contribution is 2.44. The first-order valence-electron chi connectivity index (χ1n) is 23.5. The van der Waals surface area contributed by atoms with Gasteiger partial charge in [0.25, 0.3) is 5.56 Å². The van der Waals surface area contributed by atoms with Crippen molar-refractivity contribution in [3.63, 3.8) is 0 Å². The summed E-state index contributed by atoms with van der Waals surface area (Å²) in [5.74, 6) is 0.627. The van der Waals surface area contributed by atoms with E-state index in [1.807, 2.05) is 85.8 Å². The van der Waals surface area contributed by atoms with Crippen molar-refractivity contribution >= 4 is 28.9 Å². The van der Waals surface area contributed by atoms with Crippen molar-refractivity contribution in [2.24, 2.45) is 5.41 Å². The molecular weight excluding hydrogens is 895 g/mol. The molecule has 2 aromatic heterocycles. The number of aliphatic hydroxyl groups is 1. The molecule has 2 aliphatic heterocycles. The first-order chi connectivity index (χ1) is 33.7. The Morgan fingerprint density at radius 2 is 1.49 bits per heavy atom. The molecule has 0 saturated carbocycles. The molecule has 366 valence electrons. The van der Waals surface area contributed by atoms with Crippen LogP contribution < -0.4 is 25.1 Å². The fourth-order valence-corrected chi connectivity index (χ4v) is 9.15. The monoisotopic (exact) mass is 953 g/mol. The summed E-state index contributed by atoms with van der Waals surface area (Å²) in [7, 11) is 3.21. The minimum absolute atomic E-state index is 0.00498. The molecule has 0 spiro atoms. The van der Waals surface area contributed by atoms with E-state index in [-0.39, 0.29) is 68.6 Å². The standard InChI is InChI=1S/C55H59N3O12/c1-8-41-42-28-40(69-50(61)53(3,4)5)24-25-46(42)57-48-43(41)30-58-47(48)29-45-44(49(58)60)33-67-51(62)54(45,9-2)70-52(63)56-26-13-27-66-31-37(59)32-68-55(34-14-11-10-12-15-34,35-16-20-38(64-6)21-17-35)36-18-22-39(65-7)23-19-36/h10-12,14-25,28-29,37,59H,8-9,13,26-27,30-33H2,1-7H3,(H,56,63)/t37?,54-/m0/s1. The van der Waals surface area contributed by atoms with Gasteiger partial charge >= 0.3 is 18.0 Å². The highest BCUT2D eigenvalue weighted by atomic mass is 16.6. The summed E-state index contributed by atoms with van der Waals surface area (Å²) in [5.41, 5.74) is 2.38. The number of cyclic esters (lactones) is 1. The third-order valence-electron chi connectivity index (χ3n) is 12.9. The van der Waals surface area contributed by atoms with Gasteiger partial charge < -0.3 is 48.1 Å². The lowest BCUT2D eigenvalue weighted by molar-refractivity contribution is -0.172. The van der Waals surface area contributed by atoms with Gasteiger partial charge in [-0.1, -0.05) is 68.4 Å². The molecule has 1 unspecified atom stereocenters. The molecule has 4 heterocycles. The van der Waals surface area contributed by atoms with Gasteiger partial charge in [-0.3, -0.25) is 9.59 Å². The molecule has 0 saturated heterocycles. The van der Waals surface area contributed by atoms with E-state index in [0.717, 1.165) is 33.2 Å². The number of nitrogens with one attached hydrogen (secondary N) is 1. The lowest BCUT2D eigenvalue weighted by Gasteiger charge is -2.36. The SMILES string of the molecule is CCc1c2c(nc3ccc(OC(=O)C(C)(C)C)cc13)-c1cc3c(c(=O)n1C2)COC(=O)[C@@]3(CC)OC(=O)NCCCOCC(O)COC(c1ccccc1)(c1ccc(OC)cc1)c1ccc(OC)cc1. The number of benzene rings is 4. The molecule has 0 fully saturated rings. The van der Waals surface area contributed by atoms with Crippen LogP contribution in [0.15, 0.2) is 108 Å². The van der Waals surface area contributed by atoms with Crippen molar-refractivity contribution in [2.75, 3.05) is 40.6 Å². The van der Waals surface area contributed by atoms with E-state index in [4.69, 9.17) is 38.1 Å². The van der Waals surface area contributed by atoms with Crippen LogP contribution in [0.3, 0.4) is 0 Å². The number of aromatic nitrogens is 2. The predicted octanol–water partition coefficient (Wildman–Crippen LogP) is 8.12. The van der Waals surface area contributed by atoms with Gasteiger partial charge in [0.1, 0.15) is 35.6 Å². The van der Waals surface area contributed by atoms with Gasteiger partial charge in [0.2, 0.25) is 5.60 Å². The number of methoxy groups -OCH3 is 2. The summed E-state index contributed by atoms with van der Waals surface area (Å²) in [6.45, 7) is 9.18. The van der Waals surface area contributed by atoms with Crippen molar-refractivity contribution in [2.45, 2.75) is 84.3 Å². The summed E-state index contributed by atoms with van der Waals surface area (Å²) in [6.07, 6.45) is -0.946. The number of fused-ring (bicyclic) bond motifs is 5. The van der Waals surface area contributed by atoms with Crippen molar-refractivity contribution in [3.8, 4) is 28.6 Å². The minimum atomic E-state index is -1.90. The van der Waals surface area contributed by atoms with E-state index in [1.54, 1.807) is 70.7 Å². The van der Waals surface area contributed by atoms with Crippen molar-refractivity contribution in [1.29, 1.82) is 0 Å². The van der Waals surface area contributed by atoms with Crippen LogP contribution in [0.5, 0.6) is 17.2 Å². The summed E-state index contributed by atoms with van der Waals surface area (Å²) in [5, 5.41) is 14.7. The summed E-state index contributed by atoms with van der Waals surface area (Å²) in [6, 6.07) is 32.0. The number of hydrogen-bond donors (Lipinski definition) is 2. The number of esters is 2. The maximum absolute atomic E-state index is 14.3. The third-order valence-corrected chi connectivity index (χ3v) is 12.9. The Bertz CT molecular complexity index is 2900. The number of pyridine rings is 2. The number of ether oxygens (including phenoxy) is 7. The van der Waals surface area contributed by atoms with Gasteiger partial charge in [-0.25, -0.2) is 14.6 Å². The zero-order valence-corrected chi connectivity index (χ0v) is 40.6. The number of alkyl carbamates (subject to hydrolysis) is 1. The maximum Gasteiger partial charge on any atom is 0.408 e. The second-order valence-corrected chi connectivity index (χ2v) is 18.4. The molecule has 70 heavy (non-hydrogen) atoms. The van der Waals surface area contributed by atoms with E-state index < -0.39 is 34.8 Å². The van der Waals surface area contributed by atoms with E-state index in [0.29, 0.717) is 47.0 Å². The normalized spacial score (nSPS) is 15.6. The number of nitrogens with zero attached hydrogens (tertiary/aromatic N) is 2. The molecule has 15 nitrogen and oxygen atoms in total. The first-order valence-corrected chi connectivity index (χ1v) is 23.5. The summed E-state index contributed by atoms with van der Waals surface area (Å²) < 4.78 is 42.3. The first kappa shape index (κ1) is 49.4. The van der Waals surface area contributed by atoms with Crippen LogP contribution in [0.2, 0.25) is 0 Å². The number of aryl methyl sites for hydroxylation is 1. The molecule has 4 aromatic carbocycles. The second kappa shape index (κ2) is 20.5. The van der Waals surface area contributed by atoms with Gasteiger partial charge in [0.15, 0.2) is 0 Å². The van der Waals surface area contributed by atoms with Gasteiger partial charge in [-0.15, -0.1) is 0 Å². The van der Waals surface area contributed by atoms with Gasteiger partial charge in [0.05, 0.1) is 61.9 Å². The molecule has 2 N–H and O–H groups in total. The fourth-order valence-electron chi connectivity index (χ4n) is 9.15. The number of amides is 1. The van der Waals surface area contributed by atoms with Crippen molar-refractivity contribution in [3.05, 3.63) is 152 Å². The molecule has 0 aliphatic carbocycles. The van der Waals surface area contributed by atoms with Gasteiger partial charge in [0, 0.05) is 29.7 Å². The smallest absolute Gasteiger partial charge is 0.408 e. The second-order valence-electron chi connectivity index (χ2n) is 18.4. The number of aliphatic hydroxyl groups excluding tert-OH is 1. The Morgan fingerprint density at radius 1 is 0.843 bits per heavy atom. The zero-order chi connectivity index (χ0) is 49.8. The Hall–Kier alpha value is -7.07. The van der Waals surface area contributed by atoms with Crippen molar-refractivity contribution < 1.29 is 52.6 Å². The Kier molecular flexibility index (Phi) is 14.4. The van der Waals surface area contributed by atoms with Crippen molar-refractivity contribution in [1.82, 2.24) is 14.9 Å². The van der Waals surface area contributed by atoms with E-state index >= 15 is 0 Å². The lowest BCUT2D eigenvalue weighted by Crippen LogP contribution is -2.49. The number of rotatable bonds is 18. The molecule has 2 aliphatic rings. The molecule has 15 heteroatoms. The summed E-state index contributed by atoms with van der Waals surface area (Å²) >= 11 is 0. The minimum Gasteiger partial charge on any atom is -0.497 e. The highest BCUT2D eigenvalue weighted by molar-refractivity contribution is 5.91. The number of carbonyl (C=O) groups excluding carboxylic acids is 3. The maximum atomic E-state index is 14.3. The van der Waals surface area contributed by atoms with E-state index in [9.17, 15) is 24.3 Å². The van der Waals surface area contributed by atoms with Gasteiger partial charge in [-0.2, -0.15) is 0 Å². The molecule has 1 amide bonds. The van der Waals surface area contributed by atoms with Crippen LogP contribution in [-0.4, -0.2) is 79.4 Å². The van der Waals surface area contributed by atoms with Crippen LogP contribution in [-0.2, 0) is 59.3 Å². The molecule has 0 bridgehead atoms. The van der Waals surface area contributed by atoms with Gasteiger partial charge in [-0.05, 0) is 111 Å². The van der Waals surface area contributed by atoms with Crippen LogP contribution in [0.4, 0.5) is 4.79 Å². The number of carbonyl (C=O) groups is 3. The third kappa shape index (κ3) is 9.48. The molecular formula is C55H59N3O12.